The van der Waals surface area contributed by atoms with Gasteiger partial charge in [-0.05, 0) is 19.8 Å². The molecule has 1 heterocycles. The first-order chi connectivity index (χ1) is 8.08. The second-order valence-electron chi connectivity index (χ2n) is 4.16. The van der Waals surface area contributed by atoms with Crippen molar-refractivity contribution in [2.75, 3.05) is 32.2 Å². The summed E-state index contributed by atoms with van der Waals surface area (Å²) in [6.07, 6.45) is 2.98. The number of hydrogen-bond acceptors (Lipinski definition) is 3. The maximum atomic E-state index is 12.0. The zero-order valence-electron chi connectivity index (χ0n) is 10.2. The summed E-state index contributed by atoms with van der Waals surface area (Å²) in [5.74, 6) is 0.426. The molecule has 0 aromatic rings. The lowest BCUT2D eigenvalue weighted by Gasteiger charge is -2.32. The second-order valence-corrected chi connectivity index (χ2v) is 6.24. The molecular formula is C10H21ClN2O3S. The van der Waals surface area contributed by atoms with E-state index < -0.39 is 10.2 Å². The largest absolute Gasteiger partial charge is 0.379 e. The third-order valence-electron chi connectivity index (χ3n) is 2.80. The van der Waals surface area contributed by atoms with Gasteiger partial charge < -0.3 is 4.74 Å². The lowest BCUT2D eigenvalue weighted by Crippen LogP contribution is -2.48. The van der Waals surface area contributed by atoms with Crippen LogP contribution in [0.15, 0.2) is 0 Å². The quantitative estimate of drug-likeness (QED) is 0.559. The smallest absolute Gasteiger partial charge is 0.279 e. The Kier molecular flexibility index (Phi) is 6.72. The van der Waals surface area contributed by atoms with Crippen molar-refractivity contribution in [2.45, 2.75) is 32.2 Å². The van der Waals surface area contributed by atoms with Crippen LogP contribution in [0.3, 0.4) is 0 Å². The van der Waals surface area contributed by atoms with Gasteiger partial charge >= 0.3 is 0 Å². The number of nitrogens with zero attached hydrogens (tertiary/aromatic N) is 1. The molecule has 0 aliphatic carbocycles. The Balaban J connectivity index is 2.34. The Labute approximate surface area is 109 Å². The highest BCUT2D eigenvalue weighted by Gasteiger charge is 2.28. The first-order valence-electron chi connectivity index (χ1n) is 5.98. The molecule has 0 spiro atoms. The summed E-state index contributed by atoms with van der Waals surface area (Å²) in [4.78, 5) is 0. The van der Waals surface area contributed by atoms with Crippen molar-refractivity contribution < 1.29 is 13.2 Å². The minimum Gasteiger partial charge on any atom is -0.379 e. The topological polar surface area (TPSA) is 58.6 Å². The van der Waals surface area contributed by atoms with Crippen molar-refractivity contribution in [1.29, 1.82) is 0 Å². The zero-order valence-corrected chi connectivity index (χ0v) is 11.8. The fraction of sp³-hybridized carbons (Fsp3) is 1.00. The molecule has 0 radical (unpaired) electrons. The van der Waals surface area contributed by atoms with Crippen LogP contribution in [0.25, 0.3) is 0 Å². The second kappa shape index (κ2) is 7.53. The first kappa shape index (κ1) is 15.2. The van der Waals surface area contributed by atoms with Gasteiger partial charge in [0.15, 0.2) is 0 Å². The maximum Gasteiger partial charge on any atom is 0.279 e. The molecule has 1 rings (SSSR count). The van der Waals surface area contributed by atoms with Crippen LogP contribution in [-0.4, -0.2) is 50.9 Å². The molecule has 0 aromatic carbocycles. The van der Waals surface area contributed by atoms with Gasteiger partial charge in [-0.15, -0.1) is 11.6 Å². The average Bonchev–Trinajstić information content (AvgIpc) is 2.29. The standard InChI is InChI=1S/C10H21ClN2O3S/c1-10-4-2-3-7-13(10)17(14,15)12-6-9-16-8-5-11/h10,12H,2-9H2,1H3. The molecule has 0 amide bonds. The van der Waals surface area contributed by atoms with E-state index in [0.717, 1.165) is 19.3 Å². The van der Waals surface area contributed by atoms with Crippen molar-refractivity contribution >= 4 is 21.8 Å². The van der Waals surface area contributed by atoms with Crippen LogP contribution in [0.2, 0.25) is 0 Å². The van der Waals surface area contributed by atoms with E-state index >= 15 is 0 Å². The first-order valence-corrected chi connectivity index (χ1v) is 7.95. The van der Waals surface area contributed by atoms with Gasteiger partial charge in [0.2, 0.25) is 0 Å². The number of piperidine rings is 1. The molecule has 0 saturated carbocycles. The van der Waals surface area contributed by atoms with Crippen LogP contribution in [0.4, 0.5) is 0 Å². The molecule has 0 aromatic heterocycles. The highest BCUT2D eigenvalue weighted by Crippen LogP contribution is 2.18. The fourth-order valence-electron chi connectivity index (χ4n) is 1.91. The minimum absolute atomic E-state index is 0.0880. The fourth-order valence-corrected chi connectivity index (χ4v) is 3.48. The van der Waals surface area contributed by atoms with Crippen LogP contribution in [0.5, 0.6) is 0 Å². The van der Waals surface area contributed by atoms with Gasteiger partial charge in [-0.3, -0.25) is 0 Å². The predicted molar refractivity (Wildman–Crippen MR) is 68.5 cm³/mol. The van der Waals surface area contributed by atoms with Crippen LogP contribution in [0.1, 0.15) is 26.2 Å². The average molecular weight is 285 g/mol. The molecule has 17 heavy (non-hydrogen) atoms. The predicted octanol–water partition coefficient (Wildman–Crippen LogP) is 0.951. The molecule has 7 heteroatoms. The van der Waals surface area contributed by atoms with Gasteiger partial charge in [0, 0.05) is 25.0 Å². The summed E-state index contributed by atoms with van der Waals surface area (Å²) in [6, 6.07) is 0.0880. The highest BCUT2D eigenvalue weighted by atomic mass is 35.5. The van der Waals surface area contributed by atoms with Crippen molar-refractivity contribution in [1.82, 2.24) is 9.03 Å². The molecule has 1 atom stereocenters. The number of nitrogens with one attached hydrogen (secondary N) is 1. The molecule has 1 aliphatic heterocycles. The molecular weight excluding hydrogens is 264 g/mol. The van der Waals surface area contributed by atoms with Crippen LogP contribution in [-0.2, 0) is 14.9 Å². The van der Waals surface area contributed by atoms with Gasteiger partial charge in [0.05, 0.1) is 13.2 Å². The summed E-state index contributed by atoms with van der Waals surface area (Å²) < 4.78 is 33.1. The Hall–Kier alpha value is 0.120. The van der Waals surface area contributed by atoms with Crippen LogP contribution >= 0.6 is 11.6 Å². The van der Waals surface area contributed by atoms with E-state index in [2.05, 4.69) is 4.72 Å². The minimum atomic E-state index is -3.35. The van der Waals surface area contributed by atoms with Gasteiger partial charge in [-0.25, -0.2) is 0 Å². The molecule has 1 fully saturated rings. The van der Waals surface area contributed by atoms with E-state index in [1.165, 1.54) is 4.31 Å². The zero-order chi connectivity index (χ0) is 12.7. The normalized spacial score (nSPS) is 22.8. The summed E-state index contributed by atoms with van der Waals surface area (Å²) in [7, 11) is -3.35. The van der Waals surface area contributed by atoms with Gasteiger partial charge in [-0.2, -0.15) is 17.4 Å². The lowest BCUT2D eigenvalue weighted by atomic mass is 10.1. The Morgan fingerprint density at radius 2 is 2.18 bits per heavy atom. The number of halogens is 1. The van der Waals surface area contributed by atoms with Gasteiger partial charge in [0.25, 0.3) is 10.2 Å². The molecule has 1 unspecified atom stereocenters. The van der Waals surface area contributed by atoms with E-state index in [1.807, 2.05) is 6.92 Å². The third kappa shape index (κ3) is 5.09. The Morgan fingerprint density at radius 3 is 2.82 bits per heavy atom. The van der Waals surface area contributed by atoms with Gasteiger partial charge in [0.1, 0.15) is 0 Å². The van der Waals surface area contributed by atoms with Crippen molar-refractivity contribution in [3.63, 3.8) is 0 Å². The third-order valence-corrected chi connectivity index (χ3v) is 4.69. The number of ether oxygens (including phenoxy) is 1. The van der Waals surface area contributed by atoms with Crippen molar-refractivity contribution in [3.8, 4) is 0 Å². The number of alkyl halides is 1. The number of hydrogen-bond donors (Lipinski definition) is 1. The molecule has 0 bridgehead atoms. The lowest BCUT2D eigenvalue weighted by molar-refractivity contribution is 0.154. The van der Waals surface area contributed by atoms with Crippen molar-refractivity contribution in [3.05, 3.63) is 0 Å². The highest BCUT2D eigenvalue weighted by molar-refractivity contribution is 7.87. The Bertz CT molecular complexity index is 311. The summed E-state index contributed by atoms with van der Waals surface area (Å²) in [5.41, 5.74) is 0. The molecule has 1 N–H and O–H groups in total. The monoisotopic (exact) mass is 284 g/mol. The van der Waals surface area contributed by atoms with E-state index in [1.54, 1.807) is 0 Å². The summed E-state index contributed by atoms with van der Waals surface area (Å²) in [5, 5.41) is 0. The van der Waals surface area contributed by atoms with E-state index in [-0.39, 0.29) is 6.04 Å². The molecule has 1 aliphatic rings. The van der Waals surface area contributed by atoms with Crippen LogP contribution < -0.4 is 4.72 Å². The van der Waals surface area contributed by atoms with Gasteiger partial charge in [-0.1, -0.05) is 6.42 Å². The van der Waals surface area contributed by atoms with Crippen molar-refractivity contribution in [2.24, 2.45) is 0 Å². The van der Waals surface area contributed by atoms with E-state index in [4.69, 9.17) is 16.3 Å². The van der Waals surface area contributed by atoms with E-state index in [9.17, 15) is 8.42 Å². The Morgan fingerprint density at radius 1 is 1.41 bits per heavy atom. The summed E-state index contributed by atoms with van der Waals surface area (Å²) >= 11 is 5.44. The summed E-state index contributed by atoms with van der Waals surface area (Å²) in [6.45, 7) is 3.65. The van der Waals surface area contributed by atoms with Crippen LogP contribution in [0, 0.1) is 0 Å². The maximum absolute atomic E-state index is 12.0. The molecule has 102 valence electrons. The van der Waals surface area contributed by atoms with E-state index in [0.29, 0.717) is 32.2 Å². The molecule has 5 nitrogen and oxygen atoms in total. The number of rotatable bonds is 7. The SMILES string of the molecule is CC1CCCCN1S(=O)(=O)NCCOCCCl. The molecule has 1 saturated heterocycles.